The van der Waals surface area contributed by atoms with Gasteiger partial charge in [0, 0.05) is 95.7 Å². The standard InChI is InChI=1S/2C9H16N2.C9H15NO.2C8H15N3.C8H18.C7H12N2.C7H11NO.C5H8N2/c1-3-5-9-7-11(6-4-2)8-10-9;1-3-5-9-7-10-11(8-9)6-4-2;1-3-5-8-7-10-9(11-8)6-4-2;1-6(2)8-5-11(7(3)4)10-9-8;1-3-5-8-7-11(6-4-2)10-9-8;1-3-5-7-8-6-4-2;1-6(2)7-4-8-9(3)5-7;1-5(2)7-8-4-6(3)9-7;1-5-3-7(2)4-6-5/h2*7-8H,3-6H2,1-2H3;7H,3-6H2,1-2H3;5-7H,1-4H3;7H,3-6H2,1-2H3;3-8H2,1-2H3;4-6H,1-3H3;4-5H,1-3H3;3-4H,1-2H3. The first-order chi connectivity index (χ1) is 42.2. The Kier molecular flexibility index (Phi) is 47.7. The molecule has 8 heterocycles. The van der Waals surface area contributed by atoms with Gasteiger partial charge in [0.2, 0.25) is 0 Å². The Morgan fingerprint density at radius 2 is 1.08 bits per heavy atom. The lowest BCUT2D eigenvalue weighted by atomic mass is 10.1. The van der Waals surface area contributed by atoms with E-state index in [4.69, 9.17) is 8.83 Å². The molecule has 0 N–H and O–H groups in total. The van der Waals surface area contributed by atoms with Gasteiger partial charge in [0.05, 0.1) is 60.2 Å². The van der Waals surface area contributed by atoms with E-state index >= 15 is 0 Å². The van der Waals surface area contributed by atoms with Gasteiger partial charge in [-0.15, -0.1) is 10.2 Å². The van der Waals surface area contributed by atoms with Crippen LogP contribution in [0.25, 0.3) is 0 Å². The van der Waals surface area contributed by atoms with Crippen LogP contribution in [-0.4, -0.2) is 78.6 Å². The molecule has 0 aromatic carbocycles. The second kappa shape index (κ2) is 51.4. The number of aromatic nitrogens is 16. The van der Waals surface area contributed by atoms with Crippen molar-refractivity contribution in [3.8, 4) is 0 Å². The van der Waals surface area contributed by atoms with E-state index in [1.54, 1.807) is 12.5 Å². The predicted octanol–water partition coefficient (Wildman–Crippen LogP) is 18.4. The second-order valence-corrected chi connectivity index (χ2v) is 23.7. The molecule has 18 nitrogen and oxygen atoms in total. The molecule has 0 atom stereocenters. The summed E-state index contributed by atoms with van der Waals surface area (Å²) in [7, 11) is 3.89. The third-order valence-corrected chi connectivity index (χ3v) is 12.9. The topological polar surface area (TPSA) is 185 Å². The van der Waals surface area contributed by atoms with Crippen LogP contribution in [0, 0.1) is 13.8 Å². The van der Waals surface area contributed by atoms with Crippen molar-refractivity contribution >= 4 is 0 Å². The molecule has 18 heteroatoms. The number of unbranched alkanes of at least 4 members (excludes halogenated alkanes) is 5. The second-order valence-electron chi connectivity index (χ2n) is 23.7. The summed E-state index contributed by atoms with van der Waals surface area (Å²) < 4.78 is 22.4. The number of aryl methyl sites for hydroxylation is 12. The normalized spacial score (nSPS) is 10.4. The van der Waals surface area contributed by atoms with E-state index in [1.807, 2.05) is 101 Å². The fourth-order valence-corrected chi connectivity index (χ4v) is 8.02. The minimum absolute atomic E-state index is 0.402. The van der Waals surface area contributed by atoms with Gasteiger partial charge in [-0.1, -0.05) is 179 Å². The third kappa shape index (κ3) is 40.2. The molecule has 0 fully saturated rings. The minimum atomic E-state index is 0.402. The van der Waals surface area contributed by atoms with Gasteiger partial charge in [0.15, 0.2) is 11.8 Å². The summed E-state index contributed by atoms with van der Waals surface area (Å²) in [4.78, 5) is 16.5. The van der Waals surface area contributed by atoms with Crippen molar-refractivity contribution in [2.24, 2.45) is 14.1 Å². The number of nitrogens with zero attached hydrogens (tertiary/aromatic N) is 16. The molecule has 0 saturated heterocycles. The molecule has 0 amide bonds. The molecule has 0 radical (unpaired) electrons. The zero-order valence-corrected chi connectivity index (χ0v) is 59.8. The molecule has 8 rings (SSSR count). The quantitative estimate of drug-likeness (QED) is 0.0494. The predicted molar refractivity (Wildman–Crippen MR) is 366 cm³/mol. The lowest BCUT2D eigenvalue weighted by Crippen LogP contribution is -2.00. The van der Waals surface area contributed by atoms with Crippen molar-refractivity contribution < 1.29 is 8.83 Å². The SMILES string of the molecule is CC(C)c1cn(C(C)C)nn1.CC(C)c1cnn(C)c1.CCCCCCCC.CCCc1cn(CCC)cn1.CCCc1cn(CCC)nn1.CCCc1cnc(CCC)o1.CCCc1cnn(CCC)c1.Cc1cn(C)cn1.Cc1cnc(C(C)C)o1. The highest BCUT2D eigenvalue weighted by Gasteiger charge is 2.07. The minimum Gasteiger partial charge on any atom is -0.446 e. The van der Waals surface area contributed by atoms with Gasteiger partial charge in [0.1, 0.15) is 11.5 Å². The molecule has 0 aliphatic rings. The van der Waals surface area contributed by atoms with E-state index in [1.165, 1.54) is 74.6 Å². The van der Waals surface area contributed by atoms with Crippen LogP contribution in [0.4, 0.5) is 0 Å². The van der Waals surface area contributed by atoms with Gasteiger partial charge in [0.25, 0.3) is 0 Å². The van der Waals surface area contributed by atoms with E-state index in [-0.39, 0.29) is 0 Å². The van der Waals surface area contributed by atoms with Crippen LogP contribution in [0.5, 0.6) is 0 Å². The molecule has 0 aliphatic heterocycles. The molecule has 0 aliphatic carbocycles. The van der Waals surface area contributed by atoms with Crippen LogP contribution in [0.15, 0.2) is 83.5 Å². The Bertz CT molecular complexity index is 2420. The first-order valence-corrected chi connectivity index (χ1v) is 33.8. The summed E-state index contributed by atoms with van der Waals surface area (Å²) >= 11 is 0. The zero-order chi connectivity index (χ0) is 66.1. The number of imidazole rings is 2. The number of rotatable bonds is 25. The summed E-state index contributed by atoms with van der Waals surface area (Å²) in [5.74, 6) is 5.10. The molecule has 8 aromatic heterocycles. The van der Waals surface area contributed by atoms with Crippen molar-refractivity contribution in [3.63, 3.8) is 0 Å². The Labute approximate surface area is 535 Å². The summed E-state index contributed by atoms with van der Waals surface area (Å²) in [5, 5.41) is 24.4. The van der Waals surface area contributed by atoms with Crippen molar-refractivity contribution in [2.75, 3.05) is 0 Å². The van der Waals surface area contributed by atoms with Gasteiger partial charge >= 0.3 is 0 Å². The maximum absolute atomic E-state index is 5.45. The van der Waals surface area contributed by atoms with Crippen LogP contribution in [0.2, 0.25) is 0 Å². The van der Waals surface area contributed by atoms with Crippen molar-refractivity contribution in [1.82, 2.24) is 78.6 Å². The molecule has 0 unspecified atom stereocenters. The Morgan fingerprint density at radius 1 is 0.455 bits per heavy atom. The first kappa shape index (κ1) is 81.5. The maximum atomic E-state index is 5.45. The number of oxazole rings is 2. The average Bonchev–Trinajstić information content (AvgIpc) is 4.45. The van der Waals surface area contributed by atoms with Crippen molar-refractivity contribution in [3.05, 3.63) is 132 Å². The Hall–Kier alpha value is -6.46. The highest BCUT2D eigenvalue weighted by molar-refractivity contribution is 5.08. The first-order valence-electron chi connectivity index (χ1n) is 33.8. The van der Waals surface area contributed by atoms with Crippen molar-refractivity contribution in [1.29, 1.82) is 0 Å². The smallest absolute Gasteiger partial charge is 0.196 e. The molecule has 0 bridgehead atoms. The van der Waals surface area contributed by atoms with Crippen LogP contribution < -0.4 is 0 Å². The zero-order valence-electron chi connectivity index (χ0n) is 59.8. The number of hydrogen-bond donors (Lipinski definition) is 0. The fourth-order valence-electron chi connectivity index (χ4n) is 8.02. The van der Waals surface area contributed by atoms with E-state index in [0.717, 1.165) is 124 Å². The van der Waals surface area contributed by atoms with Gasteiger partial charge in [-0.05, 0) is 102 Å². The van der Waals surface area contributed by atoms with Crippen LogP contribution in [0.3, 0.4) is 0 Å². The molecule has 0 saturated carbocycles. The maximum Gasteiger partial charge on any atom is 0.196 e. The molecule has 0 spiro atoms. The highest BCUT2D eigenvalue weighted by Crippen LogP contribution is 2.14. The van der Waals surface area contributed by atoms with Crippen LogP contribution in [-0.2, 0) is 65.8 Å². The Morgan fingerprint density at radius 3 is 1.51 bits per heavy atom. The van der Waals surface area contributed by atoms with E-state index in [9.17, 15) is 0 Å². The largest absolute Gasteiger partial charge is 0.446 e. The monoisotopic (exact) mass is 1220 g/mol. The Balaban J connectivity index is 0.000000971. The third-order valence-electron chi connectivity index (χ3n) is 12.9. The summed E-state index contributed by atoms with van der Waals surface area (Å²) in [6, 6.07) is 0.412. The lowest BCUT2D eigenvalue weighted by Gasteiger charge is -2.01. The highest BCUT2D eigenvalue weighted by atomic mass is 16.4. The fraction of sp³-hybridized carbons (Fsp3) is 0.686. The summed E-state index contributed by atoms with van der Waals surface area (Å²) in [6.07, 6.45) is 46.5. The van der Waals surface area contributed by atoms with Gasteiger partial charge < -0.3 is 18.0 Å². The van der Waals surface area contributed by atoms with Gasteiger partial charge in [-0.25, -0.2) is 24.6 Å². The summed E-state index contributed by atoms with van der Waals surface area (Å²) in [5.41, 5.74) is 7.14. The summed E-state index contributed by atoms with van der Waals surface area (Å²) in [6.45, 7) is 45.7. The molecular formula is C70H126N16O2. The number of hydrogen-bond acceptors (Lipinski definition) is 12. The molecule has 498 valence electrons. The molecular weight excluding hydrogens is 1100 g/mol. The van der Waals surface area contributed by atoms with E-state index in [0.29, 0.717) is 23.8 Å². The van der Waals surface area contributed by atoms with Crippen LogP contribution >= 0.6 is 0 Å². The van der Waals surface area contributed by atoms with Gasteiger partial charge in [-0.2, -0.15) is 10.2 Å². The van der Waals surface area contributed by atoms with Crippen LogP contribution in [0.1, 0.15) is 296 Å². The lowest BCUT2D eigenvalue weighted by molar-refractivity contribution is 0.450. The van der Waals surface area contributed by atoms with E-state index in [2.05, 4.69) is 192 Å². The molecule has 8 aromatic rings. The average molecular weight is 1220 g/mol. The van der Waals surface area contributed by atoms with E-state index < -0.39 is 0 Å². The molecule has 88 heavy (non-hydrogen) atoms. The van der Waals surface area contributed by atoms with Gasteiger partial charge in [-0.3, -0.25) is 14.0 Å². The van der Waals surface area contributed by atoms with Crippen molar-refractivity contribution in [2.45, 2.75) is 304 Å².